The van der Waals surface area contributed by atoms with Gasteiger partial charge in [-0.2, -0.15) is 0 Å². The van der Waals surface area contributed by atoms with Crippen molar-refractivity contribution in [1.82, 2.24) is 9.97 Å². The Morgan fingerprint density at radius 2 is 1.79 bits per heavy atom. The molecular formula is C15H19N3O. The van der Waals surface area contributed by atoms with Crippen LogP contribution in [-0.2, 0) is 6.54 Å². The highest BCUT2D eigenvalue weighted by Gasteiger charge is 2.10. The number of nitrogens with two attached hydrogens (primary N) is 1. The van der Waals surface area contributed by atoms with Gasteiger partial charge in [0.15, 0.2) is 0 Å². The van der Waals surface area contributed by atoms with E-state index < -0.39 is 0 Å². The van der Waals surface area contributed by atoms with Gasteiger partial charge in [0.05, 0.1) is 18.5 Å². The van der Waals surface area contributed by atoms with E-state index in [1.165, 1.54) is 0 Å². The predicted octanol–water partition coefficient (Wildman–Crippen LogP) is 2.54. The molecule has 2 N–H and O–H groups in total. The Hall–Kier alpha value is -1.94. The lowest BCUT2D eigenvalue weighted by Gasteiger charge is -2.12. The second-order valence-corrected chi connectivity index (χ2v) is 4.63. The first-order chi connectivity index (χ1) is 9.05. The maximum absolute atomic E-state index is 5.67. The van der Waals surface area contributed by atoms with Crippen molar-refractivity contribution < 1.29 is 4.74 Å². The lowest BCUT2D eigenvalue weighted by Crippen LogP contribution is -2.04. The van der Waals surface area contributed by atoms with Crippen LogP contribution in [0, 0.1) is 20.8 Å². The molecule has 0 saturated heterocycles. The Morgan fingerprint density at radius 1 is 1.05 bits per heavy atom. The van der Waals surface area contributed by atoms with Crippen molar-refractivity contribution in [3.8, 4) is 17.0 Å². The second kappa shape index (κ2) is 5.36. The van der Waals surface area contributed by atoms with Crippen LogP contribution in [0.5, 0.6) is 5.75 Å². The van der Waals surface area contributed by atoms with E-state index in [2.05, 4.69) is 23.0 Å². The third-order valence-corrected chi connectivity index (χ3v) is 3.12. The Bertz CT molecular complexity index is 609. The molecule has 19 heavy (non-hydrogen) atoms. The van der Waals surface area contributed by atoms with Gasteiger partial charge in [0, 0.05) is 12.1 Å². The van der Waals surface area contributed by atoms with Gasteiger partial charge in [-0.1, -0.05) is 0 Å². The van der Waals surface area contributed by atoms with Crippen LogP contribution in [0.2, 0.25) is 0 Å². The Kier molecular flexibility index (Phi) is 3.81. The number of aryl methyl sites for hydroxylation is 3. The molecule has 0 aliphatic rings. The highest BCUT2D eigenvalue weighted by Crippen LogP contribution is 2.29. The zero-order valence-corrected chi connectivity index (χ0v) is 11.8. The van der Waals surface area contributed by atoms with E-state index in [4.69, 9.17) is 10.5 Å². The van der Waals surface area contributed by atoms with Crippen LogP contribution in [0.3, 0.4) is 0 Å². The number of hydrogen-bond donors (Lipinski definition) is 1. The Morgan fingerprint density at radius 3 is 2.42 bits per heavy atom. The van der Waals surface area contributed by atoms with Crippen LogP contribution in [0.4, 0.5) is 0 Å². The molecule has 1 aromatic carbocycles. The van der Waals surface area contributed by atoms with E-state index in [-0.39, 0.29) is 0 Å². The molecule has 0 fully saturated rings. The van der Waals surface area contributed by atoms with E-state index in [1.54, 1.807) is 7.11 Å². The molecule has 0 saturated carbocycles. The van der Waals surface area contributed by atoms with Crippen molar-refractivity contribution in [2.75, 3.05) is 7.11 Å². The van der Waals surface area contributed by atoms with E-state index in [0.717, 1.165) is 39.7 Å². The molecule has 100 valence electrons. The molecule has 0 bridgehead atoms. The minimum atomic E-state index is 0.421. The second-order valence-electron chi connectivity index (χ2n) is 4.63. The normalized spacial score (nSPS) is 10.6. The summed E-state index contributed by atoms with van der Waals surface area (Å²) in [5.74, 6) is 1.64. The summed E-state index contributed by atoms with van der Waals surface area (Å²) in [4.78, 5) is 8.80. The molecule has 4 heteroatoms. The largest absolute Gasteiger partial charge is 0.496 e. The van der Waals surface area contributed by atoms with Gasteiger partial charge < -0.3 is 10.5 Å². The monoisotopic (exact) mass is 257 g/mol. The number of hydrogen-bond acceptors (Lipinski definition) is 4. The average Bonchev–Trinajstić information content (AvgIpc) is 2.40. The smallest absolute Gasteiger partial charge is 0.126 e. The summed E-state index contributed by atoms with van der Waals surface area (Å²) >= 11 is 0. The lowest BCUT2D eigenvalue weighted by atomic mass is 10.0. The molecule has 2 rings (SSSR count). The first-order valence-electron chi connectivity index (χ1n) is 6.25. The van der Waals surface area contributed by atoms with Gasteiger partial charge in [-0.3, -0.25) is 0 Å². The van der Waals surface area contributed by atoms with Crippen molar-refractivity contribution in [3.63, 3.8) is 0 Å². The van der Waals surface area contributed by atoms with Gasteiger partial charge in [-0.25, -0.2) is 9.97 Å². The van der Waals surface area contributed by atoms with E-state index in [9.17, 15) is 0 Å². The molecule has 0 spiro atoms. The lowest BCUT2D eigenvalue weighted by molar-refractivity contribution is 0.411. The Balaban J connectivity index is 2.58. The molecule has 0 unspecified atom stereocenters. The topological polar surface area (TPSA) is 61.0 Å². The van der Waals surface area contributed by atoms with Gasteiger partial charge in [-0.05, 0) is 50.1 Å². The summed E-state index contributed by atoms with van der Waals surface area (Å²) in [7, 11) is 1.68. The molecule has 2 aromatic rings. The summed E-state index contributed by atoms with van der Waals surface area (Å²) < 4.78 is 5.33. The molecule has 0 radical (unpaired) electrons. The molecule has 0 atom stereocenters. The number of nitrogens with zero attached hydrogens (tertiary/aromatic N) is 2. The van der Waals surface area contributed by atoms with Crippen molar-refractivity contribution in [3.05, 3.63) is 40.8 Å². The first kappa shape index (κ1) is 13.5. The van der Waals surface area contributed by atoms with Crippen LogP contribution < -0.4 is 10.5 Å². The first-order valence-corrected chi connectivity index (χ1v) is 6.25. The number of rotatable bonds is 3. The minimum absolute atomic E-state index is 0.421. The van der Waals surface area contributed by atoms with Gasteiger partial charge in [0.2, 0.25) is 0 Å². The summed E-state index contributed by atoms with van der Waals surface area (Å²) in [5, 5.41) is 0. The molecule has 0 amide bonds. The molecule has 0 aliphatic heterocycles. The Labute approximate surface area is 113 Å². The third kappa shape index (κ3) is 2.74. The van der Waals surface area contributed by atoms with Crippen molar-refractivity contribution in [2.24, 2.45) is 5.73 Å². The van der Waals surface area contributed by atoms with Crippen LogP contribution >= 0.6 is 0 Å². The van der Waals surface area contributed by atoms with Gasteiger partial charge in [0.1, 0.15) is 11.6 Å². The summed E-state index contributed by atoms with van der Waals surface area (Å²) in [5.41, 5.74) is 10.8. The van der Waals surface area contributed by atoms with Crippen LogP contribution in [0.1, 0.15) is 22.6 Å². The van der Waals surface area contributed by atoms with Crippen LogP contribution in [0.15, 0.2) is 18.2 Å². The summed E-state index contributed by atoms with van der Waals surface area (Å²) in [6.07, 6.45) is 0. The molecular weight excluding hydrogens is 238 g/mol. The van der Waals surface area contributed by atoms with Crippen molar-refractivity contribution >= 4 is 0 Å². The summed E-state index contributed by atoms with van der Waals surface area (Å²) in [6.45, 7) is 6.38. The zero-order valence-electron chi connectivity index (χ0n) is 11.8. The molecule has 1 heterocycles. The van der Waals surface area contributed by atoms with Gasteiger partial charge in [-0.15, -0.1) is 0 Å². The predicted molar refractivity (Wildman–Crippen MR) is 76.1 cm³/mol. The number of methoxy groups -OCH3 is 1. The minimum Gasteiger partial charge on any atom is -0.496 e. The van der Waals surface area contributed by atoms with Crippen molar-refractivity contribution in [1.29, 1.82) is 0 Å². The average molecular weight is 257 g/mol. The third-order valence-electron chi connectivity index (χ3n) is 3.12. The van der Waals surface area contributed by atoms with E-state index in [0.29, 0.717) is 6.54 Å². The molecule has 4 nitrogen and oxygen atoms in total. The number of ether oxygens (including phenoxy) is 1. The maximum Gasteiger partial charge on any atom is 0.126 e. The fourth-order valence-corrected chi connectivity index (χ4v) is 2.16. The van der Waals surface area contributed by atoms with Gasteiger partial charge >= 0.3 is 0 Å². The fourth-order valence-electron chi connectivity index (χ4n) is 2.16. The summed E-state index contributed by atoms with van der Waals surface area (Å²) in [6, 6.07) is 6.07. The highest BCUT2D eigenvalue weighted by atomic mass is 16.5. The fraction of sp³-hybridized carbons (Fsp3) is 0.333. The van der Waals surface area contributed by atoms with E-state index in [1.807, 2.05) is 26.0 Å². The number of aromatic nitrogens is 2. The number of benzene rings is 1. The zero-order chi connectivity index (χ0) is 14.0. The maximum atomic E-state index is 5.67. The van der Waals surface area contributed by atoms with Crippen LogP contribution in [0.25, 0.3) is 11.3 Å². The quantitative estimate of drug-likeness (QED) is 0.918. The van der Waals surface area contributed by atoms with Gasteiger partial charge in [0.25, 0.3) is 0 Å². The highest BCUT2D eigenvalue weighted by molar-refractivity contribution is 5.66. The molecule has 0 aliphatic carbocycles. The van der Waals surface area contributed by atoms with Crippen LogP contribution in [-0.4, -0.2) is 17.1 Å². The van der Waals surface area contributed by atoms with Crippen molar-refractivity contribution in [2.45, 2.75) is 27.3 Å². The molecule has 1 aromatic heterocycles. The SMILES string of the molecule is COc1cc(C)c(-c2cc(CN)nc(C)n2)cc1C. The van der Waals surface area contributed by atoms with E-state index >= 15 is 0 Å². The standard InChI is InChI=1S/C15H19N3O/c1-9-6-15(19-4)10(2)5-13(9)14-7-12(8-16)17-11(3)18-14/h5-7H,8,16H2,1-4H3.